The van der Waals surface area contributed by atoms with E-state index in [0.29, 0.717) is 26.4 Å². The van der Waals surface area contributed by atoms with Gasteiger partial charge in [-0.15, -0.1) is 0 Å². The molecule has 0 saturated heterocycles. The van der Waals surface area contributed by atoms with Crippen LogP contribution < -0.4 is 5.32 Å². The number of ether oxygens (including phenoxy) is 3. The Morgan fingerprint density at radius 1 is 0.467 bits per heavy atom. The topological polar surface area (TPSA) is 60.0 Å². The molecule has 274 valence electrons. The fourth-order valence-corrected chi connectivity index (χ4v) is 6.11. The van der Waals surface area contributed by atoms with E-state index in [4.69, 9.17) is 14.2 Å². The number of nitrogens with one attached hydrogen (secondary N) is 1. The number of aliphatic hydroxyl groups is 1. The van der Waals surface area contributed by atoms with Crippen molar-refractivity contribution < 1.29 is 19.3 Å². The minimum Gasteiger partial charge on any atom is -0.382 e. The highest BCUT2D eigenvalue weighted by atomic mass is 16.6. The molecule has 5 heteroatoms. The average Bonchev–Trinajstić information content (AvgIpc) is 3.02. The Bertz CT molecular complexity index is 507. The minimum atomic E-state index is -0.882. The molecule has 0 aliphatic heterocycles. The lowest BCUT2D eigenvalue weighted by molar-refractivity contribution is -0.158. The van der Waals surface area contributed by atoms with Crippen molar-refractivity contribution in [2.75, 3.05) is 33.5 Å². The zero-order valence-electron chi connectivity index (χ0n) is 30.4. The Balaban J connectivity index is 0. The Labute approximate surface area is 284 Å². The molecule has 45 heavy (non-hydrogen) atoms. The number of unbranched alkanes of at least 4 members (excludes halogenated alkanes) is 25. The Kier molecular flexibility index (Phi) is 43.6. The third-order valence-corrected chi connectivity index (χ3v) is 9.05. The van der Waals surface area contributed by atoms with Gasteiger partial charge in [0.05, 0.1) is 19.3 Å². The molecule has 0 saturated carbocycles. The van der Waals surface area contributed by atoms with Crippen molar-refractivity contribution in [1.29, 1.82) is 0 Å². The minimum absolute atomic E-state index is 0. The molecule has 5 nitrogen and oxygen atoms in total. The first-order valence-corrected chi connectivity index (χ1v) is 19.9. The number of rotatable bonds is 39. The number of aliphatic hydroxyl groups excluding tert-OH is 1. The van der Waals surface area contributed by atoms with Crippen LogP contribution in [0.15, 0.2) is 0 Å². The Hall–Kier alpha value is -0.200. The number of hydrogen-bond donors (Lipinski definition) is 2. The van der Waals surface area contributed by atoms with Gasteiger partial charge in [-0.25, -0.2) is 0 Å². The Morgan fingerprint density at radius 3 is 1.18 bits per heavy atom. The molecule has 0 aromatic rings. The SMILES string of the molecule is C.CCCCCCCCCCCCCCCCCCC(CCCCCCCCCCCCC)OC(O)NCCCOCCOC. The fraction of sp³-hybridized carbons (Fsp3) is 1.00. The molecule has 2 unspecified atom stereocenters. The van der Waals surface area contributed by atoms with Crippen LogP contribution in [0.25, 0.3) is 0 Å². The second-order valence-corrected chi connectivity index (χ2v) is 13.4. The molecule has 0 fully saturated rings. The molecule has 2 atom stereocenters. The summed E-state index contributed by atoms with van der Waals surface area (Å²) >= 11 is 0. The molecule has 2 N–H and O–H groups in total. The van der Waals surface area contributed by atoms with Crippen molar-refractivity contribution in [2.45, 2.75) is 226 Å². The highest BCUT2D eigenvalue weighted by Crippen LogP contribution is 2.19. The second kappa shape index (κ2) is 41.8. The van der Waals surface area contributed by atoms with Crippen LogP contribution in [-0.4, -0.2) is 51.1 Å². The van der Waals surface area contributed by atoms with Gasteiger partial charge in [-0.2, -0.15) is 0 Å². The van der Waals surface area contributed by atoms with Crippen LogP contribution in [0, 0.1) is 0 Å². The van der Waals surface area contributed by atoms with Crippen LogP contribution in [0.4, 0.5) is 0 Å². The molecule has 0 aliphatic carbocycles. The summed E-state index contributed by atoms with van der Waals surface area (Å²) in [6, 6.07) is 0. The van der Waals surface area contributed by atoms with Gasteiger partial charge in [0.1, 0.15) is 0 Å². The summed E-state index contributed by atoms with van der Waals surface area (Å²) in [7, 11) is 1.69. The van der Waals surface area contributed by atoms with E-state index in [1.165, 1.54) is 173 Å². The fourth-order valence-electron chi connectivity index (χ4n) is 6.11. The van der Waals surface area contributed by atoms with Gasteiger partial charge in [0.15, 0.2) is 0 Å². The highest BCUT2D eigenvalue weighted by molar-refractivity contribution is 4.62. The lowest BCUT2D eigenvalue weighted by Crippen LogP contribution is -2.36. The van der Waals surface area contributed by atoms with Crippen molar-refractivity contribution >= 4 is 0 Å². The quantitative estimate of drug-likeness (QED) is 0.0515. The highest BCUT2D eigenvalue weighted by Gasteiger charge is 2.14. The molecule has 0 aromatic heterocycles. The predicted molar refractivity (Wildman–Crippen MR) is 198 cm³/mol. The predicted octanol–water partition coefficient (Wildman–Crippen LogP) is 12.3. The van der Waals surface area contributed by atoms with Gasteiger partial charge in [-0.1, -0.05) is 195 Å². The zero-order valence-corrected chi connectivity index (χ0v) is 30.4. The van der Waals surface area contributed by atoms with Gasteiger partial charge in [0, 0.05) is 20.3 Å². The smallest absolute Gasteiger partial charge is 0.213 e. The van der Waals surface area contributed by atoms with Crippen LogP contribution >= 0.6 is 0 Å². The van der Waals surface area contributed by atoms with Crippen molar-refractivity contribution in [2.24, 2.45) is 0 Å². The molecular formula is C40H85NO4. The Morgan fingerprint density at radius 2 is 0.822 bits per heavy atom. The van der Waals surface area contributed by atoms with E-state index in [9.17, 15) is 5.11 Å². The molecular weight excluding hydrogens is 558 g/mol. The second-order valence-electron chi connectivity index (χ2n) is 13.4. The molecule has 0 spiro atoms. The lowest BCUT2D eigenvalue weighted by Gasteiger charge is -2.22. The van der Waals surface area contributed by atoms with E-state index in [1.807, 2.05) is 0 Å². The van der Waals surface area contributed by atoms with Gasteiger partial charge < -0.3 is 19.3 Å². The first kappa shape index (κ1) is 46.9. The third kappa shape index (κ3) is 39.9. The summed E-state index contributed by atoms with van der Waals surface area (Å²) in [5.41, 5.74) is 0. The van der Waals surface area contributed by atoms with Gasteiger partial charge in [-0.05, 0) is 19.3 Å². The first-order chi connectivity index (χ1) is 21.7. The maximum Gasteiger partial charge on any atom is 0.213 e. The summed E-state index contributed by atoms with van der Waals surface area (Å²) < 4.78 is 16.6. The van der Waals surface area contributed by atoms with Crippen molar-refractivity contribution in [3.8, 4) is 0 Å². The van der Waals surface area contributed by atoms with Gasteiger partial charge in [0.25, 0.3) is 0 Å². The van der Waals surface area contributed by atoms with E-state index >= 15 is 0 Å². The van der Waals surface area contributed by atoms with Crippen molar-refractivity contribution in [1.82, 2.24) is 5.32 Å². The third-order valence-electron chi connectivity index (χ3n) is 9.05. The van der Waals surface area contributed by atoms with E-state index in [0.717, 1.165) is 19.3 Å². The largest absolute Gasteiger partial charge is 0.382 e. The van der Waals surface area contributed by atoms with Crippen molar-refractivity contribution in [3.05, 3.63) is 0 Å². The maximum absolute atomic E-state index is 10.5. The summed E-state index contributed by atoms with van der Waals surface area (Å²) in [4.78, 5) is 0. The zero-order chi connectivity index (χ0) is 32.0. The van der Waals surface area contributed by atoms with Gasteiger partial charge in [0.2, 0.25) is 6.41 Å². The standard InChI is InChI=1S/C39H81NO4.CH4/c1-4-6-8-10-12-14-16-17-18-19-20-22-24-26-28-30-33-38(44-39(41)40-34-31-35-43-37-36-42-3)32-29-27-25-23-21-15-13-11-9-7-5-2;/h38-41H,4-37H2,1-3H3;1H4. The average molecular weight is 644 g/mol. The van der Waals surface area contributed by atoms with E-state index in [1.54, 1.807) is 7.11 Å². The summed E-state index contributed by atoms with van der Waals surface area (Å²) in [5.74, 6) is 0. The van der Waals surface area contributed by atoms with Crippen LogP contribution in [0.2, 0.25) is 0 Å². The van der Waals surface area contributed by atoms with Crippen LogP contribution in [0.1, 0.15) is 214 Å². The normalized spacial score (nSPS) is 12.8. The van der Waals surface area contributed by atoms with Gasteiger partial charge in [-0.3, -0.25) is 5.32 Å². The van der Waals surface area contributed by atoms with Crippen molar-refractivity contribution in [3.63, 3.8) is 0 Å². The molecule has 0 rings (SSSR count). The molecule has 0 aliphatic rings. The monoisotopic (exact) mass is 644 g/mol. The molecule has 0 amide bonds. The summed E-state index contributed by atoms with van der Waals surface area (Å²) in [5, 5.41) is 13.6. The lowest BCUT2D eigenvalue weighted by atomic mass is 10.0. The van der Waals surface area contributed by atoms with Crippen LogP contribution in [0.3, 0.4) is 0 Å². The van der Waals surface area contributed by atoms with Crippen LogP contribution in [0.5, 0.6) is 0 Å². The van der Waals surface area contributed by atoms with E-state index in [2.05, 4.69) is 19.2 Å². The summed E-state index contributed by atoms with van der Waals surface area (Å²) in [6.45, 7) is 7.19. The van der Waals surface area contributed by atoms with E-state index < -0.39 is 6.41 Å². The summed E-state index contributed by atoms with van der Waals surface area (Å²) in [6.07, 6.45) is 39.6. The molecule has 0 heterocycles. The van der Waals surface area contributed by atoms with Gasteiger partial charge >= 0.3 is 0 Å². The van der Waals surface area contributed by atoms with E-state index in [-0.39, 0.29) is 13.5 Å². The number of hydrogen-bond acceptors (Lipinski definition) is 5. The maximum atomic E-state index is 10.5. The molecule has 0 aromatic carbocycles. The molecule has 0 radical (unpaired) electrons. The molecule has 0 bridgehead atoms. The first-order valence-electron chi connectivity index (χ1n) is 19.9. The number of methoxy groups -OCH3 is 1. The van der Waals surface area contributed by atoms with Crippen LogP contribution in [-0.2, 0) is 14.2 Å².